The van der Waals surface area contributed by atoms with Gasteiger partial charge in [-0.05, 0) is 23.5 Å². The number of carbonyl (C=O) groups is 1. The first kappa shape index (κ1) is 12.0. The normalized spacial score (nSPS) is 26.4. The third kappa shape index (κ3) is 2.25. The van der Waals surface area contributed by atoms with Gasteiger partial charge in [-0.1, -0.05) is 29.8 Å². The van der Waals surface area contributed by atoms with Gasteiger partial charge in [0, 0.05) is 31.2 Å². The van der Waals surface area contributed by atoms with E-state index in [-0.39, 0.29) is 5.91 Å². The Balaban J connectivity index is 1.64. The van der Waals surface area contributed by atoms with Crippen molar-refractivity contribution in [3.8, 4) is 0 Å². The van der Waals surface area contributed by atoms with Crippen LogP contribution < -0.4 is 5.32 Å². The van der Waals surface area contributed by atoms with Gasteiger partial charge in [0.15, 0.2) is 0 Å². The van der Waals surface area contributed by atoms with E-state index in [0.29, 0.717) is 23.3 Å². The maximum atomic E-state index is 12.2. The fourth-order valence-electron chi connectivity index (χ4n) is 2.98. The van der Waals surface area contributed by atoms with Gasteiger partial charge in [-0.25, -0.2) is 0 Å². The molecule has 1 aromatic carbocycles. The van der Waals surface area contributed by atoms with Crippen LogP contribution in [0.5, 0.6) is 0 Å². The molecule has 0 spiro atoms. The highest BCUT2D eigenvalue weighted by molar-refractivity contribution is 6.31. The summed E-state index contributed by atoms with van der Waals surface area (Å²) in [6.45, 7) is 3.92. The molecule has 0 saturated carbocycles. The minimum absolute atomic E-state index is 0.206. The number of carbonyl (C=O) groups excluding carboxylic acids is 1. The van der Waals surface area contributed by atoms with Crippen LogP contribution >= 0.6 is 11.6 Å². The van der Waals surface area contributed by atoms with Crippen molar-refractivity contribution in [3.05, 3.63) is 34.9 Å². The standard InChI is InChI=1S/C14H17ClN2O/c15-13-4-2-1-3-10(13)5-14(18)17-8-11-6-16-7-12(11)9-17/h1-4,11-12,16H,5-9H2/t11-,12+. The van der Waals surface area contributed by atoms with E-state index >= 15 is 0 Å². The van der Waals surface area contributed by atoms with E-state index in [0.717, 1.165) is 31.7 Å². The SMILES string of the molecule is O=C(Cc1ccccc1Cl)N1C[C@H]2CNC[C@H]2C1. The van der Waals surface area contributed by atoms with Crippen molar-refractivity contribution >= 4 is 17.5 Å². The van der Waals surface area contributed by atoms with Gasteiger partial charge in [-0.2, -0.15) is 0 Å². The maximum Gasteiger partial charge on any atom is 0.227 e. The molecule has 18 heavy (non-hydrogen) atoms. The Bertz CT molecular complexity index is 451. The fourth-order valence-corrected chi connectivity index (χ4v) is 3.18. The van der Waals surface area contributed by atoms with Crippen molar-refractivity contribution < 1.29 is 4.79 Å². The summed E-state index contributed by atoms with van der Waals surface area (Å²) in [4.78, 5) is 14.2. The molecule has 2 fully saturated rings. The molecular formula is C14H17ClN2O. The molecule has 3 rings (SSSR count). The van der Waals surface area contributed by atoms with Crippen LogP contribution in [-0.2, 0) is 11.2 Å². The summed E-state index contributed by atoms with van der Waals surface area (Å²) >= 11 is 6.09. The second-order valence-electron chi connectivity index (χ2n) is 5.25. The number of rotatable bonds is 2. The summed E-state index contributed by atoms with van der Waals surface area (Å²) in [6.07, 6.45) is 0.423. The van der Waals surface area contributed by atoms with Crippen molar-refractivity contribution in [2.45, 2.75) is 6.42 Å². The Hall–Kier alpha value is -1.06. The number of likely N-dealkylation sites (tertiary alicyclic amines) is 1. The number of hydrogen-bond donors (Lipinski definition) is 1. The average molecular weight is 265 g/mol. The van der Waals surface area contributed by atoms with E-state index in [1.54, 1.807) is 0 Å². The Kier molecular flexibility index (Phi) is 3.27. The van der Waals surface area contributed by atoms with Gasteiger partial charge in [0.05, 0.1) is 6.42 Å². The van der Waals surface area contributed by atoms with Gasteiger partial charge in [0.25, 0.3) is 0 Å². The zero-order valence-corrected chi connectivity index (χ0v) is 11.0. The summed E-state index contributed by atoms with van der Waals surface area (Å²) < 4.78 is 0. The highest BCUT2D eigenvalue weighted by atomic mass is 35.5. The predicted molar refractivity (Wildman–Crippen MR) is 71.6 cm³/mol. The van der Waals surface area contributed by atoms with E-state index in [9.17, 15) is 4.79 Å². The first-order valence-electron chi connectivity index (χ1n) is 6.46. The zero-order chi connectivity index (χ0) is 12.5. The van der Waals surface area contributed by atoms with Gasteiger partial charge in [-0.15, -0.1) is 0 Å². The summed E-state index contributed by atoms with van der Waals surface area (Å²) in [6, 6.07) is 7.59. The van der Waals surface area contributed by atoms with Crippen LogP contribution in [0.3, 0.4) is 0 Å². The second-order valence-corrected chi connectivity index (χ2v) is 5.65. The van der Waals surface area contributed by atoms with Crippen molar-refractivity contribution in [3.63, 3.8) is 0 Å². The monoisotopic (exact) mass is 264 g/mol. The molecule has 96 valence electrons. The number of benzene rings is 1. The largest absolute Gasteiger partial charge is 0.342 e. The number of fused-ring (bicyclic) bond motifs is 1. The van der Waals surface area contributed by atoms with E-state index < -0.39 is 0 Å². The molecule has 1 N–H and O–H groups in total. The third-order valence-electron chi connectivity index (χ3n) is 4.04. The molecule has 0 aliphatic carbocycles. The second kappa shape index (κ2) is 4.90. The van der Waals surface area contributed by atoms with E-state index in [4.69, 9.17) is 11.6 Å². The fraction of sp³-hybridized carbons (Fsp3) is 0.500. The molecule has 0 aromatic heterocycles. The average Bonchev–Trinajstić information content (AvgIpc) is 2.92. The van der Waals surface area contributed by atoms with Crippen molar-refractivity contribution in [1.82, 2.24) is 10.2 Å². The zero-order valence-electron chi connectivity index (χ0n) is 10.2. The molecule has 1 aromatic rings. The molecule has 4 heteroatoms. The maximum absolute atomic E-state index is 12.2. The topological polar surface area (TPSA) is 32.3 Å². The molecule has 1 amide bonds. The number of nitrogens with one attached hydrogen (secondary N) is 1. The Morgan fingerprint density at radius 1 is 1.28 bits per heavy atom. The first-order chi connectivity index (χ1) is 8.74. The van der Waals surface area contributed by atoms with Gasteiger partial charge in [0.1, 0.15) is 0 Å². The van der Waals surface area contributed by atoms with Crippen LogP contribution in [-0.4, -0.2) is 37.0 Å². The van der Waals surface area contributed by atoms with Crippen LogP contribution in [0.15, 0.2) is 24.3 Å². The Morgan fingerprint density at radius 2 is 1.94 bits per heavy atom. The van der Waals surface area contributed by atoms with Crippen LogP contribution in [0.1, 0.15) is 5.56 Å². The Morgan fingerprint density at radius 3 is 2.61 bits per heavy atom. The predicted octanol–water partition coefficient (Wildman–Crippen LogP) is 1.56. The summed E-state index contributed by atoms with van der Waals surface area (Å²) in [5.74, 6) is 1.51. The smallest absolute Gasteiger partial charge is 0.227 e. The molecule has 3 nitrogen and oxygen atoms in total. The molecule has 0 unspecified atom stereocenters. The first-order valence-corrected chi connectivity index (χ1v) is 6.84. The molecule has 0 bridgehead atoms. The Labute approximate surface area is 112 Å². The van der Waals surface area contributed by atoms with Gasteiger partial charge >= 0.3 is 0 Å². The van der Waals surface area contributed by atoms with Crippen LogP contribution in [0.25, 0.3) is 0 Å². The van der Waals surface area contributed by atoms with Crippen LogP contribution in [0.2, 0.25) is 5.02 Å². The number of nitrogens with zero attached hydrogens (tertiary/aromatic N) is 1. The van der Waals surface area contributed by atoms with Crippen LogP contribution in [0, 0.1) is 11.8 Å². The minimum atomic E-state index is 0.206. The van der Waals surface area contributed by atoms with Crippen molar-refractivity contribution in [2.75, 3.05) is 26.2 Å². The third-order valence-corrected chi connectivity index (χ3v) is 4.41. The van der Waals surface area contributed by atoms with Crippen molar-refractivity contribution in [2.24, 2.45) is 11.8 Å². The number of hydrogen-bond acceptors (Lipinski definition) is 2. The summed E-state index contributed by atoms with van der Waals surface area (Å²) in [5.41, 5.74) is 0.930. The number of amides is 1. The molecule has 2 atom stereocenters. The molecule has 2 saturated heterocycles. The van der Waals surface area contributed by atoms with Crippen molar-refractivity contribution in [1.29, 1.82) is 0 Å². The lowest BCUT2D eigenvalue weighted by Gasteiger charge is -2.17. The number of halogens is 1. The lowest BCUT2D eigenvalue weighted by Crippen LogP contribution is -2.33. The summed E-state index contributed by atoms with van der Waals surface area (Å²) in [5, 5.41) is 4.07. The molecule has 2 heterocycles. The van der Waals surface area contributed by atoms with Gasteiger partial charge < -0.3 is 10.2 Å². The van der Waals surface area contributed by atoms with E-state index in [1.807, 2.05) is 29.2 Å². The minimum Gasteiger partial charge on any atom is -0.342 e. The lowest BCUT2D eigenvalue weighted by atomic mass is 10.0. The van der Waals surface area contributed by atoms with E-state index in [1.165, 1.54) is 0 Å². The highest BCUT2D eigenvalue weighted by Crippen LogP contribution is 2.27. The van der Waals surface area contributed by atoms with Gasteiger partial charge in [0.2, 0.25) is 5.91 Å². The van der Waals surface area contributed by atoms with Gasteiger partial charge in [-0.3, -0.25) is 4.79 Å². The molecule has 2 aliphatic heterocycles. The molecule has 2 aliphatic rings. The highest BCUT2D eigenvalue weighted by Gasteiger charge is 2.37. The quantitative estimate of drug-likeness (QED) is 0.879. The molecular weight excluding hydrogens is 248 g/mol. The van der Waals surface area contributed by atoms with Crippen LogP contribution in [0.4, 0.5) is 0 Å². The summed E-state index contributed by atoms with van der Waals surface area (Å²) in [7, 11) is 0. The lowest BCUT2D eigenvalue weighted by molar-refractivity contribution is -0.129. The molecule has 0 radical (unpaired) electrons. The van der Waals surface area contributed by atoms with E-state index in [2.05, 4.69) is 5.32 Å².